The first-order valence-electron chi connectivity index (χ1n) is 10.6. The van der Waals surface area contributed by atoms with Gasteiger partial charge in [-0.2, -0.15) is 0 Å². The van der Waals surface area contributed by atoms with Crippen LogP contribution in [0, 0.1) is 0 Å². The first-order valence-corrected chi connectivity index (χ1v) is 11.5. The van der Waals surface area contributed by atoms with Crippen LogP contribution in [0.4, 0.5) is 0 Å². The van der Waals surface area contributed by atoms with Crippen molar-refractivity contribution >= 4 is 11.3 Å². The number of benzene rings is 1. The van der Waals surface area contributed by atoms with Gasteiger partial charge in [0.15, 0.2) is 0 Å². The molecule has 1 aromatic carbocycles. The van der Waals surface area contributed by atoms with E-state index in [4.69, 9.17) is 0 Å². The van der Waals surface area contributed by atoms with Crippen molar-refractivity contribution in [2.45, 2.75) is 96.8 Å². The third-order valence-corrected chi connectivity index (χ3v) is 7.05. The zero-order valence-corrected chi connectivity index (χ0v) is 17.6. The number of aromatic nitrogens is 2. The highest BCUT2D eigenvalue weighted by Gasteiger charge is 2.20. The second-order valence-electron chi connectivity index (χ2n) is 7.93. The lowest BCUT2D eigenvalue weighted by molar-refractivity contribution is 0.441. The molecule has 1 saturated carbocycles. The molecular weight excluding hydrogens is 336 g/mol. The van der Waals surface area contributed by atoms with Crippen LogP contribution in [0.3, 0.4) is 0 Å². The van der Waals surface area contributed by atoms with Crippen LogP contribution in [0.5, 0.6) is 0 Å². The number of aryl methyl sites for hydroxylation is 3. The van der Waals surface area contributed by atoms with E-state index < -0.39 is 0 Å². The van der Waals surface area contributed by atoms with Gasteiger partial charge in [-0.15, -0.1) is 21.5 Å². The Balaban J connectivity index is 1.79. The van der Waals surface area contributed by atoms with Gasteiger partial charge in [-0.25, -0.2) is 0 Å². The van der Waals surface area contributed by atoms with Gasteiger partial charge >= 0.3 is 0 Å². The van der Waals surface area contributed by atoms with Gasteiger partial charge in [-0.3, -0.25) is 0 Å². The van der Waals surface area contributed by atoms with Crippen molar-refractivity contribution in [1.82, 2.24) is 10.2 Å². The fourth-order valence-electron chi connectivity index (χ4n) is 4.31. The van der Waals surface area contributed by atoms with Gasteiger partial charge in [0.05, 0.1) is 0 Å². The van der Waals surface area contributed by atoms with Gasteiger partial charge in [0, 0.05) is 6.42 Å². The summed E-state index contributed by atoms with van der Waals surface area (Å²) >= 11 is 1.79. The molecule has 1 unspecified atom stereocenters. The Labute approximate surface area is 163 Å². The molecule has 2 aromatic rings. The maximum Gasteiger partial charge on any atom is 0.117 e. The molecule has 0 bridgehead atoms. The fourth-order valence-corrected chi connectivity index (χ4v) is 5.10. The van der Waals surface area contributed by atoms with Crippen molar-refractivity contribution < 1.29 is 0 Å². The second kappa shape index (κ2) is 9.64. The number of hydrogen-bond donors (Lipinski definition) is 0. The quantitative estimate of drug-likeness (QED) is 0.508. The molecule has 1 atom stereocenters. The first kappa shape index (κ1) is 19.5. The molecule has 1 aliphatic rings. The topological polar surface area (TPSA) is 25.8 Å². The van der Waals surface area contributed by atoms with E-state index in [9.17, 15) is 0 Å². The van der Waals surface area contributed by atoms with Crippen LogP contribution in [0.1, 0.15) is 104 Å². The lowest BCUT2D eigenvalue weighted by Gasteiger charge is -2.26. The van der Waals surface area contributed by atoms with Crippen molar-refractivity contribution in [3.63, 3.8) is 0 Å². The van der Waals surface area contributed by atoms with Gasteiger partial charge in [0.2, 0.25) is 0 Å². The zero-order chi connectivity index (χ0) is 18.4. The summed E-state index contributed by atoms with van der Waals surface area (Å²) < 4.78 is 0. The smallest absolute Gasteiger partial charge is 0.117 e. The minimum Gasteiger partial charge on any atom is -0.144 e. The van der Waals surface area contributed by atoms with Crippen molar-refractivity contribution in [1.29, 1.82) is 0 Å². The molecule has 0 saturated heterocycles. The molecule has 26 heavy (non-hydrogen) atoms. The highest BCUT2D eigenvalue weighted by molar-refractivity contribution is 7.11. The molecular formula is C23H34N2S. The summed E-state index contributed by atoms with van der Waals surface area (Å²) in [4.78, 5) is 0. The van der Waals surface area contributed by atoms with Crippen LogP contribution in [0.2, 0.25) is 0 Å². The van der Waals surface area contributed by atoms with Crippen LogP contribution in [-0.2, 0) is 19.3 Å². The average Bonchev–Trinajstić information content (AvgIpc) is 3.15. The van der Waals surface area contributed by atoms with E-state index >= 15 is 0 Å². The minimum absolute atomic E-state index is 0.673. The van der Waals surface area contributed by atoms with E-state index in [0.29, 0.717) is 5.92 Å². The normalized spacial score (nSPS) is 16.7. The Morgan fingerprint density at radius 2 is 1.81 bits per heavy atom. The molecule has 3 rings (SSSR count). The summed E-state index contributed by atoms with van der Waals surface area (Å²) in [6.07, 6.45) is 12.6. The third kappa shape index (κ3) is 4.94. The standard InChI is InChI=1S/C23H34N2S/c1-4-9-17(3)20-13-12-19(14-15-23-25-24-22(5-2)26-23)21(16-20)18-10-7-6-8-11-18/h12-13,16-18H,4-11,14-15H2,1-3H3. The molecule has 1 aliphatic carbocycles. The molecule has 1 aromatic heterocycles. The van der Waals surface area contributed by atoms with Gasteiger partial charge in [-0.1, -0.05) is 64.7 Å². The summed E-state index contributed by atoms with van der Waals surface area (Å²) in [6, 6.07) is 7.37. The predicted octanol–water partition coefficient (Wildman–Crippen LogP) is 6.84. The van der Waals surface area contributed by atoms with E-state index in [-0.39, 0.29) is 0 Å². The van der Waals surface area contributed by atoms with E-state index in [1.54, 1.807) is 28.0 Å². The number of hydrogen-bond acceptors (Lipinski definition) is 3. The maximum atomic E-state index is 4.38. The molecule has 0 amide bonds. The number of rotatable bonds is 8. The fraction of sp³-hybridized carbons (Fsp3) is 0.652. The zero-order valence-electron chi connectivity index (χ0n) is 16.8. The lowest BCUT2D eigenvalue weighted by Crippen LogP contribution is -2.09. The average molecular weight is 371 g/mol. The molecule has 0 aliphatic heterocycles. The Bertz CT molecular complexity index is 685. The third-order valence-electron chi connectivity index (χ3n) is 5.92. The van der Waals surface area contributed by atoms with Gasteiger partial charge < -0.3 is 0 Å². The summed E-state index contributed by atoms with van der Waals surface area (Å²) in [5.41, 5.74) is 4.74. The van der Waals surface area contributed by atoms with Crippen LogP contribution in [-0.4, -0.2) is 10.2 Å². The molecule has 1 heterocycles. The molecule has 2 nitrogen and oxygen atoms in total. The molecule has 1 fully saturated rings. The van der Waals surface area contributed by atoms with E-state index in [1.807, 2.05) is 0 Å². The highest BCUT2D eigenvalue weighted by atomic mass is 32.1. The SMILES string of the molecule is CCCC(C)c1ccc(CCc2nnc(CC)s2)c(C2CCCCC2)c1. The predicted molar refractivity (Wildman–Crippen MR) is 112 cm³/mol. The Hall–Kier alpha value is -1.22. The van der Waals surface area contributed by atoms with Gasteiger partial charge in [0.1, 0.15) is 10.0 Å². The molecule has 0 radical (unpaired) electrons. The molecule has 142 valence electrons. The molecule has 0 N–H and O–H groups in total. The Morgan fingerprint density at radius 1 is 1.04 bits per heavy atom. The van der Waals surface area contributed by atoms with Crippen LogP contribution < -0.4 is 0 Å². The first-order chi connectivity index (χ1) is 12.7. The van der Waals surface area contributed by atoms with Crippen molar-refractivity contribution in [2.24, 2.45) is 0 Å². The monoisotopic (exact) mass is 370 g/mol. The number of nitrogens with zero attached hydrogens (tertiary/aromatic N) is 2. The summed E-state index contributed by atoms with van der Waals surface area (Å²) in [6.45, 7) is 6.83. The van der Waals surface area contributed by atoms with Crippen LogP contribution in [0.15, 0.2) is 18.2 Å². The Morgan fingerprint density at radius 3 is 2.50 bits per heavy atom. The molecule has 0 spiro atoms. The summed E-state index contributed by atoms with van der Waals surface area (Å²) in [5, 5.41) is 11.0. The largest absolute Gasteiger partial charge is 0.144 e. The van der Waals surface area contributed by atoms with Crippen LogP contribution >= 0.6 is 11.3 Å². The van der Waals surface area contributed by atoms with E-state index in [1.165, 1.54) is 50.0 Å². The van der Waals surface area contributed by atoms with Crippen LogP contribution in [0.25, 0.3) is 0 Å². The van der Waals surface area contributed by atoms with Crippen molar-refractivity contribution in [2.75, 3.05) is 0 Å². The maximum absolute atomic E-state index is 4.38. The minimum atomic E-state index is 0.673. The Kier molecular flexibility index (Phi) is 7.24. The summed E-state index contributed by atoms with van der Waals surface area (Å²) in [7, 11) is 0. The van der Waals surface area contributed by atoms with E-state index in [0.717, 1.165) is 30.2 Å². The van der Waals surface area contributed by atoms with Gasteiger partial charge in [-0.05, 0) is 60.6 Å². The lowest BCUT2D eigenvalue weighted by atomic mass is 9.79. The second-order valence-corrected chi connectivity index (χ2v) is 9.07. The van der Waals surface area contributed by atoms with Crippen molar-refractivity contribution in [3.05, 3.63) is 44.9 Å². The highest BCUT2D eigenvalue weighted by Crippen LogP contribution is 2.37. The van der Waals surface area contributed by atoms with E-state index in [2.05, 4.69) is 49.2 Å². The van der Waals surface area contributed by atoms with Crippen molar-refractivity contribution in [3.8, 4) is 0 Å². The van der Waals surface area contributed by atoms with Gasteiger partial charge in [0.25, 0.3) is 0 Å². The summed E-state index contributed by atoms with van der Waals surface area (Å²) in [5.74, 6) is 1.44. The molecule has 3 heteroatoms.